The van der Waals surface area contributed by atoms with Gasteiger partial charge in [0.05, 0.1) is 5.92 Å². The summed E-state index contributed by atoms with van der Waals surface area (Å²) in [5.41, 5.74) is 0. The molecule has 0 radical (unpaired) electrons. The van der Waals surface area contributed by atoms with Crippen molar-refractivity contribution in [2.45, 2.75) is 37.9 Å². The first-order valence-corrected chi connectivity index (χ1v) is 7.66. The lowest BCUT2D eigenvalue weighted by Crippen LogP contribution is -2.47. The Hall–Kier alpha value is -1.00. The van der Waals surface area contributed by atoms with Crippen molar-refractivity contribution in [3.05, 3.63) is 12.7 Å². The molecular weight excluding hydrogens is 436 g/mol. The number of nitrogens with zero attached hydrogens (tertiary/aromatic N) is 2. The fraction of sp³-hybridized carbons (Fsp3) is 0.733. The number of hydrogen-bond donors (Lipinski definition) is 2. The van der Waals surface area contributed by atoms with Gasteiger partial charge in [-0.25, -0.2) is 4.99 Å². The van der Waals surface area contributed by atoms with Gasteiger partial charge in [-0.1, -0.05) is 12.5 Å². The maximum atomic E-state index is 12.9. The summed E-state index contributed by atoms with van der Waals surface area (Å²) in [7, 11) is 3.24. The molecule has 0 aromatic rings. The largest absolute Gasteiger partial charge is 0.391 e. The number of aliphatic imine (C=N–C) groups is 1. The van der Waals surface area contributed by atoms with E-state index in [1.54, 1.807) is 20.2 Å². The lowest BCUT2D eigenvalue weighted by Gasteiger charge is -2.31. The van der Waals surface area contributed by atoms with Crippen LogP contribution in [0.1, 0.15) is 25.7 Å². The zero-order chi connectivity index (χ0) is 17.5. The van der Waals surface area contributed by atoms with Gasteiger partial charge in [0.15, 0.2) is 5.96 Å². The molecule has 2 atom stereocenters. The summed E-state index contributed by atoms with van der Waals surface area (Å²) in [5.74, 6) is -1.12. The summed E-state index contributed by atoms with van der Waals surface area (Å²) in [6, 6.07) is -0.305. The van der Waals surface area contributed by atoms with Crippen molar-refractivity contribution in [2.75, 3.05) is 27.2 Å². The number of likely N-dealkylation sites (N-methyl/N-ethyl adjacent to an activating group) is 1. The highest BCUT2D eigenvalue weighted by atomic mass is 127. The predicted molar refractivity (Wildman–Crippen MR) is 99.5 cm³/mol. The average Bonchev–Trinajstić information content (AvgIpc) is 2.48. The number of carbonyl (C=O) groups is 1. The molecule has 9 heteroatoms. The molecule has 1 fully saturated rings. The maximum Gasteiger partial charge on any atom is 0.391 e. The lowest BCUT2D eigenvalue weighted by molar-refractivity contribution is -0.183. The molecule has 0 aromatic carbocycles. The molecule has 1 amide bonds. The van der Waals surface area contributed by atoms with E-state index >= 15 is 0 Å². The first-order chi connectivity index (χ1) is 10.7. The fourth-order valence-corrected chi connectivity index (χ4v) is 2.42. The van der Waals surface area contributed by atoms with Crippen molar-refractivity contribution < 1.29 is 18.0 Å². The van der Waals surface area contributed by atoms with Crippen LogP contribution >= 0.6 is 24.0 Å². The molecule has 2 N–H and O–H groups in total. The van der Waals surface area contributed by atoms with E-state index in [0.717, 1.165) is 0 Å². The van der Waals surface area contributed by atoms with Gasteiger partial charge in [0.2, 0.25) is 5.91 Å². The van der Waals surface area contributed by atoms with Gasteiger partial charge in [-0.2, -0.15) is 13.2 Å². The Bertz CT molecular complexity index is 441. The average molecular weight is 462 g/mol. The third-order valence-electron chi connectivity index (χ3n) is 3.76. The minimum atomic E-state index is -4.16. The van der Waals surface area contributed by atoms with E-state index in [9.17, 15) is 18.0 Å². The molecule has 0 aliphatic heterocycles. The van der Waals surface area contributed by atoms with Gasteiger partial charge in [-0.15, -0.1) is 30.6 Å². The summed E-state index contributed by atoms with van der Waals surface area (Å²) in [5, 5.41) is 5.94. The Morgan fingerprint density at radius 1 is 1.38 bits per heavy atom. The SMILES string of the molecule is C=CCNC(=NCC(=O)N(C)C)NC1CCCC(C(F)(F)F)C1.I. The zero-order valence-electron chi connectivity index (χ0n) is 14.0. The van der Waals surface area contributed by atoms with Crippen LogP contribution in [-0.4, -0.2) is 56.2 Å². The molecule has 0 bridgehead atoms. The van der Waals surface area contributed by atoms with E-state index in [4.69, 9.17) is 0 Å². The number of halogens is 4. The smallest absolute Gasteiger partial charge is 0.354 e. The molecule has 1 rings (SSSR count). The van der Waals surface area contributed by atoms with E-state index in [1.165, 1.54) is 4.90 Å². The molecule has 140 valence electrons. The van der Waals surface area contributed by atoms with Crippen molar-refractivity contribution in [3.63, 3.8) is 0 Å². The predicted octanol–water partition coefficient (Wildman–Crippen LogP) is 2.53. The molecule has 5 nitrogen and oxygen atoms in total. The van der Waals surface area contributed by atoms with Crippen LogP contribution in [0.15, 0.2) is 17.6 Å². The topological polar surface area (TPSA) is 56.7 Å². The number of nitrogens with one attached hydrogen (secondary N) is 2. The van der Waals surface area contributed by atoms with Crippen LogP contribution in [0.2, 0.25) is 0 Å². The van der Waals surface area contributed by atoms with E-state index in [1.807, 2.05) is 0 Å². The van der Waals surface area contributed by atoms with Crippen LogP contribution in [0, 0.1) is 5.92 Å². The molecule has 2 unspecified atom stereocenters. The summed E-state index contributed by atoms with van der Waals surface area (Å²) < 4.78 is 38.6. The third-order valence-corrected chi connectivity index (χ3v) is 3.76. The van der Waals surface area contributed by atoms with Gasteiger partial charge in [0.1, 0.15) is 6.54 Å². The van der Waals surface area contributed by atoms with Crippen molar-refractivity contribution >= 4 is 35.8 Å². The zero-order valence-corrected chi connectivity index (χ0v) is 16.4. The first kappa shape index (κ1) is 23.0. The van der Waals surface area contributed by atoms with Crippen LogP contribution in [0.25, 0.3) is 0 Å². The van der Waals surface area contributed by atoms with E-state index < -0.39 is 12.1 Å². The van der Waals surface area contributed by atoms with Gasteiger partial charge < -0.3 is 15.5 Å². The minimum absolute atomic E-state index is 0. The summed E-state index contributed by atoms with van der Waals surface area (Å²) >= 11 is 0. The van der Waals surface area contributed by atoms with Gasteiger partial charge in [0, 0.05) is 26.7 Å². The third kappa shape index (κ3) is 8.20. The summed E-state index contributed by atoms with van der Waals surface area (Å²) in [6.07, 6.45) is -1.17. The molecule has 0 spiro atoms. The standard InChI is InChI=1S/C15H25F3N4O.HI/c1-4-8-19-14(20-10-13(23)22(2)3)21-12-7-5-6-11(9-12)15(16,17)18;/h4,11-12H,1,5-10H2,2-3H3,(H2,19,20,21);1H. The van der Waals surface area contributed by atoms with Crippen molar-refractivity contribution in [2.24, 2.45) is 10.9 Å². The Balaban J connectivity index is 0.00000529. The lowest BCUT2D eigenvalue weighted by atomic mass is 9.85. The summed E-state index contributed by atoms with van der Waals surface area (Å²) in [4.78, 5) is 17.1. The number of hydrogen-bond acceptors (Lipinski definition) is 2. The highest BCUT2D eigenvalue weighted by Crippen LogP contribution is 2.37. The van der Waals surface area contributed by atoms with E-state index in [-0.39, 0.29) is 55.3 Å². The van der Waals surface area contributed by atoms with Gasteiger partial charge in [-0.3, -0.25) is 4.79 Å². The highest BCUT2D eigenvalue weighted by Gasteiger charge is 2.42. The Morgan fingerprint density at radius 3 is 2.58 bits per heavy atom. The molecule has 24 heavy (non-hydrogen) atoms. The molecule has 0 aromatic heterocycles. The molecule has 1 aliphatic rings. The van der Waals surface area contributed by atoms with Gasteiger partial charge in [-0.05, 0) is 19.3 Å². The highest BCUT2D eigenvalue weighted by molar-refractivity contribution is 14.0. The van der Waals surface area contributed by atoms with Crippen LogP contribution in [0.4, 0.5) is 13.2 Å². The first-order valence-electron chi connectivity index (χ1n) is 7.66. The maximum absolute atomic E-state index is 12.9. The monoisotopic (exact) mass is 462 g/mol. The van der Waals surface area contributed by atoms with Crippen molar-refractivity contribution in [1.29, 1.82) is 0 Å². The second kappa shape index (κ2) is 10.8. The van der Waals surface area contributed by atoms with Crippen LogP contribution < -0.4 is 10.6 Å². The number of rotatable bonds is 5. The molecule has 1 aliphatic carbocycles. The summed E-state index contributed by atoms with van der Waals surface area (Å²) in [6.45, 7) is 3.93. The van der Waals surface area contributed by atoms with Crippen LogP contribution in [-0.2, 0) is 4.79 Å². The Morgan fingerprint density at radius 2 is 2.04 bits per heavy atom. The van der Waals surface area contributed by atoms with Crippen molar-refractivity contribution in [3.8, 4) is 0 Å². The molecular formula is C15H26F3IN4O. The van der Waals surface area contributed by atoms with E-state index in [2.05, 4.69) is 22.2 Å². The number of carbonyl (C=O) groups excluding carboxylic acids is 1. The minimum Gasteiger partial charge on any atom is -0.354 e. The Labute approximate surface area is 158 Å². The number of alkyl halides is 3. The second-order valence-corrected chi connectivity index (χ2v) is 5.87. The molecule has 1 saturated carbocycles. The number of amides is 1. The Kier molecular flexibility index (Phi) is 10.3. The van der Waals surface area contributed by atoms with Crippen LogP contribution in [0.3, 0.4) is 0 Å². The number of guanidine groups is 1. The normalized spacial score (nSPS) is 21.5. The van der Waals surface area contributed by atoms with Crippen molar-refractivity contribution in [1.82, 2.24) is 15.5 Å². The quantitative estimate of drug-likeness (QED) is 0.286. The fourth-order valence-electron chi connectivity index (χ4n) is 2.42. The molecule has 0 saturated heterocycles. The molecule has 0 heterocycles. The van der Waals surface area contributed by atoms with Gasteiger partial charge in [0.25, 0.3) is 0 Å². The van der Waals surface area contributed by atoms with E-state index in [0.29, 0.717) is 25.3 Å². The second-order valence-electron chi connectivity index (χ2n) is 5.87. The van der Waals surface area contributed by atoms with Crippen LogP contribution in [0.5, 0.6) is 0 Å². The van der Waals surface area contributed by atoms with Gasteiger partial charge >= 0.3 is 6.18 Å².